The second kappa shape index (κ2) is 17.1. The highest BCUT2D eigenvalue weighted by atomic mass is 35.5. The monoisotopic (exact) mass is 732 g/mol. The van der Waals surface area contributed by atoms with E-state index in [4.69, 9.17) is 16.6 Å². The fourth-order valence-corrected chi connectivity index (χ4v) is 5.01. The third-order valence-electron chi connectivity index (χ3n) is 7.32. The molecule has 0 fully saturated rings. The molecule has 0 spiro atoms. The number of hydrogen-bond donors (Lipinski definition) is 4. The summed E-state index contributed by atoms with van der Waals surface area (Å²) in [7, 11) is 0. The number of alkyl halides is 6. The van der Waals surface area contributed by atoms with Crippen molar-refractivity contribution in [2.45, 2.75) is 50.9 Å². The minimum atomic E-state index is -4.35. The van der Waals surface area contributed by atoms with Crippen molar-refractivity contribution in [3.05, 3.63) is 59.9 Å². The average molecular weight is 733 g/mol. The lowest BCUT2D eigenvalue weighted by Gasteiger charge is -2.27. The quantitative estimate of drug-likeness (QED) is 0.201. The number of nitrogens with zero attached hydrogens (tertiary/aromatic N) is 7. The second-order valence-corrected chi connectivity index (χ2v) is 10.9. The number of carbonyl (C=O) groups excluding carboxylic acids is 1. The smallest absolute Gasteiger partial charge is 0.389 e. The first-order valence-electron chi connectivity index (χ1n) is 15.0. The number of carboxylic acids is 1. The lowest BCUT2D eigenvalue weighted by Crippen LogP contribution is -2.35. The van der Waals surface area contributed by atoms with Gasteiger partial charge in [0.2, 0.25) is 17.8 Å². The molecule has 0 saturated heterocycles. The molecule has 0 aliphatic carbocycles. The Morgan fingerprint density at radius 3 is 1.76 bits per heavy atom. The van der Waals surface area contributed by atoms with E-state index in [1.54, 1.807) is 15.2 Å². The van der Waals surface area contributed by atoms with E-state index in [1.165, 1.54) is 10.5 Å². The van der Waals surface area contributed by atoms with Crippen LogP contribution in [0.25, 0.3) is 22.4 Å². The summed E-state index contributed by atoms with van der Waals surface area (Å²) in [6.07, 6.45) is -3.14. The van der Waals surface area contributed by atoms with E-state index in [9.17, 15) is 35.9 Å². The fraction of sp³-hybridized carbons (Fsp3) is 0.400. The molecule has 4 aromatic rings. The molecule has 0 radical (unpaired) electrons. The number of anilines is 2. The summed E-state index contributed by atoms with van der Waals surface area (Å²) in [5.41, 5.74) is 17.0. The van der Waals surface area contributed by atoms with Gasteiger partial charge >= 0.3 is 18.3 Å². The molecular formula is C30H35ClF6N10O3. The van der Waals surface area contributed by atoms with Crippen molar-refractivity contribution in [2.75, 3.05) is 37.6 Å². The van der Waals surface area contributed by atoms with Gasteiger partial charge in [-0.05, 0) is 54.8 Å². The summed E-state index contributed by atoms with van der Waals surface area (Å²) in [5.74, 6) is -1.41. The summed E-state index contributed by atoms with van der Waals surface area (Å²) < 4.78 is 73.4. The van der Waals surface area contributed by atoms with Gasteiger partial charge in [0.1, 0.15) is 0 Å². The Balaban J connectivity index is 0.000000224. The molecule has 13 nitrogen and oxygen atoms in total. The Hall–Kier alpha value is -4.91. The van der Waals surface area contributed by atoms with Crippen LogP contribution in [0.1, 0.15) is 49.7 Å². The van der Waals surface area contributed by atoms with Crippen molar-refractivity contribution in [1.82, 2.24) is 39.4 Å². The van der Waals surface area contributed by atoms with Crippen LogP contribution < -0.4 is 16.8 Å². The van der Waals surface area contributed by atoms with Gasteiger partial charge in [-0.15, -0.1) is 22.6 Å². The summed E-state index contributed by atoms with van der Waals surface area (Å²) in [5, 5.41) is 19.2. The first kappa shape index (κ1) is 39.5. The number of carboxylic acid groups (broad SMARTS) is 1. The molecule has 0 bridgehead atoms. The van der Waals surface area contributed by atoms with Crippen LogP contribution in [0.15, 0.2) is 48.8 Å². The van der Waals surface area contributed by atoms with Gasteiger partial charge in [0, 0.05) is 49.6 Å². The molecule has 1 amide bonds. The fourth-order valence-electron chi connectivity index (χ4n) is 5.01. The van der Waals surface area contributed by atoms with Crippen LogP contribution in [0.2, 0.25) is 0 Å². The number of nitrogens with two attached hydrogens (primary N) is 2. The number of nitrogen functional groups attached to an aromatic ring is 2. The van der Waals surface area contributed by atoms with Gasteiger partial charge in [0.05, 0.1) is 19.3 Å². The van der Waals surface area contributed by atoms with Gasteiger partial charge < -0.3 is 26.8 Å². The van der Waals surface area contributed by atoms with E-state index in [0.717, 1.165) is 41.9 Å². The van der Waals surface area contributed by atoms with Gasteiger partial charge in [-0.25, -0.2) is 9.03 Å². The van der Waals surface area contributed by atoms with Gasteiger partial charge in [0.25, 0.3) is 0 Å². The second-order valence-electron chi connectivity index (χ2n) is 10.9. The van der Waals surface area contributed by atoms with Gasteiger partial charge in [-0.1, -0.05) is 12.2 Å². The molecule has 0 saturated carbocycles. The zero-order chi connectivity index (χ0) is 35.8. The van der Waals surface area contributed by atoms with Crippen LogP contribution in [0.5, 0.6) is 0 Å². The summed E-state index contributed by atoms with van der Waals surface area (Å²) >= 11 is 0. The van der Waals surface area contributed by atoms with Crippen LogP contribution in [0, 0.1) is 0 Å². The predicted octanol–water partition coefficient (Wildman–Crippen LogP) is 4.79. The van der Waals surface area contributed by atoms with Crippen LogP contribution in [-0.4, -0.2) is 89.6 Å². The molecule has 272 valence electrons. The van der Waals surface area contributed by atoms with Crippen LogP contribution in [0.3, 0.4) is 0 Å². The third kappa shape index (κ3) is 11.6. The third-order valence-corrected chi connectivity index (χ3v) is 7.32. The zero-order valence-electron chi connectivity index (χ0n) is 26.4. The van der Waals surface area contributed by atoms with Crippen LogP contribution in [-0.2, 0) is 9.59 Å². The number of pyridine rings is 2. The highest BCUT2D eigenvalue weighted by molar-refractivity contribution is 5.85. The minimum Gasteiger partial charge on any atom is -0.481 e. The summed E-state index contributed by atoms with van der Waals surface area (Å²) in [6, 6.07) is 7.74. The van der Waals surface area contributed by atoms with E-state index in [-0.39, 0.29) is 24.9 Å². The molecule has 2 aliphatic heterocycles. The Morgan fingerprint density at radius 2 is 1.34 bits per heavy atom. The SMILES string of the molecule is Cl.Nc1nc2c(C3=CCN(C(=O)CCC(F)(F)F)CC3)cccn2n1.Nc1nc2c(C3=CCNCC3)cccn2n1.O=C(O)CCC(F)(F)F. The normalized spacial score (nSPS) is 14.8. The molecule has 6 N–H and O–H groups in total. The van der Waals surface area contributed by atoms with Crippen LogP contribution in [0.4, 0.5) is 38.2 Å². The number of rotatable bonds is 6. The minimum absolute atomic E-state index is 0. The Kier molecular flexibility index (Phi) is 13.6. The first-order valence-corrected chi connectivity index (χ1v) is 15.0. The van der Waals surface area contributed by atoms with Crippen molar-refractivity contribution in [1.29, 1.82) is 0 Å². The Morgan fingerprint density at radius 1 is 0.820 bits per heavy atom. The molecule has 20 heteroatoms. The van der Waals surface area contributed by atoms with E-state index >= 15 is 0 Å². The number of hydrogen-bond acceptors (Lipinski definition) is 9. The van der Waals surface area contributed by atoms with Crippen molar-refractivity contribution in [2.24, 2.45) is 0 Å². The number of amides is 1. The molecule has 50 heavy (non-hydrogen) atoms. The first-order chi connectivity index (χ1) is 23.1. The molecule has 6 rings (SSSR count). The topological polar surface area (TPSA) is 182 Å². The van der Waals surface area contributed by atoms with Crippen molar-refractivity contribution in [3.8, 4) is 0 Å². The molecule has 2 aliphatic rings. The number of fused-ring (bicyclic) bond motifs is 2. The van der Waals surface area contributed by atoms with E-state index in [1.807, 2.05) is 30.5 Å². The summed E-state index contributed by atoms with van der Waals surface area (Å²) in [4.78, 5) is 31.3. The lowest BCUT2D eigenvalue weighted by molar-refractivity contribution is -0.152. The van der Waals surface area contributed by atoms with Gasteiger partial charge in [-0.2, -0.15) is 36.3 Å². The molecular weight excluding hydrogens is 698 g/mol. The molecule has 6 heterocycles. The number of aliphatic carboxylic acids is 1. The molecule has 4 aromatic heterocycles. The number of nitrogens with one attached hydrogen (secondary N) is 1. The predicted molar refractivity (Wildman–Crippen MR) is 175 cm³/mol. The molecule has 0 atom stereocenters. The highest BCUT2D eigenvalue weighted by Crippen LogP contribution is 2.27. The van der Waals surface area contributed by atoms with Crippen LogP contribution >= 0.6 is 12.4 Å². The lowest BCUT2D eigenvalue weighted by atomic mass is 10.00. The van der Waals surface area contributed by atoms with E-state index in [0.29, 0.717) is 24.6 Å². The average Bonchev–Trinajstić information content (AvgIpc) is 3.63. The van der Waals surface area contributed by atoms with Crippen molar-refractivity contribution in [3.63, 3.8) is 0 Å². The number of carbonyl (C=O) groups is 2. The number of halogens is 7. The van der Waals surface area contributed by atoms with E-state index in [2.05, 4.69) is 37.6 Å². The Bertz CT molecular complexity index is 1840. The van der Waals surface area contributed by atoms with Crippen molar-refractivity contribution < 1.29 is 41.0 Å². The zero-order valence-corrected chi connectivity index (χ0v) is 27.2. The molecule has 0 unspecified atom stereocenters. The number of aromatic nitrogens is 6. The van der Waals surface area contributed by atoms with Gasteiger partial charge in [-0.3, -0.25) is 9.59 Å². The maximum absolute atomic E-state index is 12.2. The highest BCUT2D eigenvalue weighted by Gasteiger charge is 2.30. The largest absolute Gasteiger partial charge is 0.481 e. The summed E-state index contributed by atoms with van der Waals surface area (Å²) in [6.45, 7) is 2.60. The molecule has 0 aromatic carbocycles. The Labute approximate surface area is 287 Å². The maximum atomic E-state index is 12.2. The maximum Gasteiger partial charge on any atom is 0.389 e. The van der Waals surface area contributed by atoms with E-state index < -0.39 is 49.9 Å². The van der Waals surface area contributed by atoms with Gasteiger partial charge in [0.15, 0.2) is 11.3 Å². The standard InChI is InChI=1S/C15H16F3N5O.C11H13N5.C4H5F3O2.ClH/c16-15(17,18)6-3-12(24)22-8-4-10(5-9-22)11-2-1-7-23-13(11)20-14(19)21-23;12-11-14-10-9(2-1-7-16(10)15-11)8-3-5-13-6-4-8;5-4(6,7)2-1-3(8)9;/h1-2,4,7H,3,5-6,8-9H2,(H2,19,21);1-3,7,13H,4-6H2,(H2,12,15);1-2H2,(H,8,9);1H. The van der Waals surface area contributed by atoms with Crippen molar-refractivity contribution >= 4 is 58.6 Å².